The number of anilines is 1. The standard InChI is InChI=1S/C18H19F4N3O2/c19-13-3-1-12(2-4-13)8-17(10-26)9-25(6-5-15(17)27)16-7-14(18(20,21)22)23-11-24-16/h1-4,7,11,15,26-27H,5-6,8-10H2/t15-,17-/m0/s1. The van der Waals surface area contributed by atoms with Crippen molar-refractivity contribution >= 4 is 5.82 Å². The second kappa shape index (κ2) is 7.40. The molecule has 5 nitrogen and oxygen atoms in total. The number of aromatic nitrogens is 2. The summed E-state index contributed by atoms with van der Waals surface area (Å²) < 4.78 is 51.9. The molecule has 2 aromatic rings. The van der Waals surface area contributed by atoms with E-state index in [1.807, 2.05) is 0 Å². The summed E-state index contributed by atoms with van der Waals surface area (Å²) in [6.45, 7) is 0.0241. The molecule has 1 aliphatic heterocycles. The lowest BCUT2D eigenvalue weighted by Gasteiger charge is -2.46. The predicted molar refractivity (Wildman–Crippen MR) is 89.5 cm³/mol. The maximum absolute atomic E-state index is 13.1. The molecule has 0 saturated carbocycles. The lowest BCUT2D eigenvalue weighted by Crippen LogP contribution is -2.55. The number of hydrogen-bond donors (Lipinski definition) is 2. The van der Waals surface area contributed by atoms with Crippen LogP contribution in [-0.2, 0) is 12.6 Å². The van der Waals surface area contributed by atoms with Crippen molar-refractivity contribution in [1.82, 2.24) is 9.97 Å². The number of piperidine rings is 1. The van der Waals surface area contributed by atoms with Crippen molar-refractivity contribution in [2.75, 3.05) is 24.6 Å². The Morgan fingerprint density at radius 3 is 2.52 bits per heavy atom. The molecule has 0 bridgehead atoms. The smallest absolute Gasteiger partial charge is 0.396 e. The molecule has 1 saturated heterocycles. The van der Waals surface area contributed by atoms with Crippen LogP contribution in [0.15, 0.2) is 36.7 Å². The summed E-state index contributed by atoms with van der Waals surface area (Å²) in [4.78, 5) is 8.78. The molecule has 9 heteroatoms. The Morgan fingerprint density at radius 2 is 1.89 bits per heavy atom. The van der Waals surface area contributed by atoms with Crippen LogP contribution in [0.5, 0.6) is 0 Å². The van der Waals surface area contributed by atoms with Crippen LogP contribution in [0, 0.1) is 11.2 Å². The molecule has 3 rings (SSSR count). The first kappa shape index (κ1) is 19.5. The molecule has 146 valence electrons. The highest BCUT2D eigenvalue weighted by Crippen LogP contribution is 2.36. The SMILES string of the molecule is OC[C@]1(Cc2ccc(F)cc2)CN(c2cc(C(F)(F)F)ncn2)CC[C@@H]1O. The van der Waals surface area contributed by atoms with E-state index in [1.165, 1.54) is 12.1 Å². The quantitative estimate of drug-likeness (QED) is 0.792. The molecular weight excluding hydrogens is 366 g/mol. The molecule has 1 aromatic carbocycles. The number of benzene rings is 1. The molecule has 0 spiro atoms. The van der Waals surface area contributed by atoms with Crippen molar-refractivity contribution in [2.45, 2.75) is 25.1 Å². The Hall–Kier alpha value is -2.26. The van der Waals surface area contributed by atoms with Crippen LogP contribution in [0.4, 0.5) is 23.4 Å². The summed E-state index contributed by atoms with van der Waals surface area (Å²) in [5, 5.41) is 20.5. The van der Waals surface area contributed by atoms with Gasteiger partial charge in [-0.1, -0.05) is 12.1 Å². The summed E-state index contributed by atoms with van der Waals surface area (Å²) in [7, 11) is 0. The molecule has 2 heterocycles. The van der Waals surface area contributed by atoms with Gasteiger partial charge in [-0.2, -0.15) is 13.2 Å². The molecule has 2 atom stereocenters. The van der Waals surface area contributed by atoms with E-state index >= 15 is 0 Å². The molecule has 0 amide bonds. The van der Waals surface area contributed by atoms with E-state index in [0.717, 1.165) is 12.4 Å². The fourth-order valence-electron chi connectivity index (χ4n) is 3.41. The second-order valence-electron chi connectivity index (χ2n) is 6.81. The number of alkyl halides is 3. The largest absolute Gasteiger partial charge is 0.433 e. The minimum absolute atomic E-state index is 0.0844. The lowest BCUT2D eigenvalue weighted by atomic mass is 9.73. The third-order valence-corrected chi connectivity index (χ3v) is 4.94. The van der Waals surface area contributed by atoms with E-state index in [2.05, 4.69) is 9.97 Å². The number of aliphatic hydroxyl groups is 2. The van der Waals surface area contributed by atoms with Gasteiger partial charge in [0.05, 0.1) is 12.7 Å². The highest BCUT2D eigenvalue weighted by molar-refractivity contribution is 5.41. The van der Waals surface area contributed by atoms with Gasteiger partial charge in [-0.15, -0.1) is 0 Å². The topological polar surface area (TPSA) is 69.5 Å². The summed E-state index contributed by atoms with van der Waals surface area (Å²) in [6, 6.07) is 6.55. The Morgan fingerprint density at radius 1 is 1.19 bits per heavy atom. The van der Waals surface area contributed by atoms with Crippen molar-refractivity contribution in [2.24, 2.45) is 5.41 Å². The third kappa shape index (κ3) is 4.19. The van der Waals surface area contributed by atoms with E-state index in [9.17, 15) is 27.8 Å². The number of halogens is 4. The molecular formula is C18H19F4N3O2. The van der Waals surface area contributed by atoms with Crippen LogP contribution < -0.4 is 4.90 Å². The zero-order chi connectivity index (χ0) is 19.7. The summed E-state index contributed by atoms with van der Waals surface area (Å²) in [6.07, 6.45) is -4.09. The molecule has 1 aliphatic rings. The Balaban J connectivity index is 1.87. The highest BCUT2D eigenvalue weighted by Gasteiger charge is 2.43. The Kier molecular flexibility index (Phi) is 5.34. The van der Waals surface area contributed by atoms with E-state index in [0.29, 0.717) is 12.1 Å². The van der Waals surface area contributed by atoms with Gasteiger partial charge in [0.15, 0.2) is 0 Å². The second-order valence-corrected chi connectivity index (χ2v) is 6.81. The minimum atomic E-state index is -4.59. The van der Waals surface area contributed by atoms with Crippen LogP contribution >= 0.6 is 0 Å². The van der Waals surface area contributed by atoms with Gasteiger partial charge in [0.2, 0.25) is 0 Å². The maximum Gasteiger partial charge on any atom is 0.433 e. The molecule has 0 unspecified atom stereocenters. The highest BCUT2D eigenvalue weighted by atomic mass is 19.4. The number of rotatable bonds is 4. The lowest BCUT2D eigenvalue weighted by molar-refractivity contribution is -0.141. The first-order valence-electron chi connectivity index (χ1n) is 8.41. The summed E-state index contributed by atoms with van der Waals surface area (Å²) in [5.41, 5.74) is -1.34. The van der Waals surface area contributed by atoms with Crippen molar-refractivity contribution in [1.29, 1.82) is 0 Å². The first-order chi connectivity index (χ1) is 12.7. The van der Waals surface area contributed by atoms with Crippen molar-refractivity contribution < 1.29 is 27.8 Å². The van der Waals surface area contributed by atoms with Crippen molar-refractivity contribution in [3.8, 4) is 0 Å². The van der Waals surface area contributed by atoms with E-state index in [1.54, 1.807) is 17.0 Å². The normalized spacial score (nSPS) is 23.5. The van der Waals surface area contributed by atoms with Gasteiger partial charge in [0.1, 0.15) is 23.7 Å². The van der Waals surface area contributed by atoms with Gasteiger partial charge in [0.25, 0.3) is 0 Å². The Bertz CT molecular complexity index is 785. The van der Waals surface area contributed by atoms with E-state index < -0.39 is 29.2 Å². The van der Waals surface area contributed by atoms with Crippen LogP contribution in [0.2, 0.25) is 0 Å². The number of aliphatic hydroxyl groups excluding tert-OH is 2. The van der Waals surface area contributed by atoms with Gasteiger partial charge < -0.3 is 15.1 Å². The van der Waals surface area contributed by atoms with Crippen molar-refractivity contribution in [3.63, 3.8) is 0 Å². The zero-order valence-corrected chi connectivity index (χ0v) is 14.3. The third-order valence-electron chi connectivity index (χ3n) is 4.94. The van der Waals surface area contributed by atoms with E-state index in [-0.39, 0.29) is 31.8 Å². The number of hydrogen-bond acceptors (Lipinski definition) is 5. The average Bonchev–Trinajstić information content (AvgIpc) is 2.65. The van der Waals surface area contributed by atoms with Gasteiger partial charge in [-0.3, -0.25) is 0 Å². The minimum Gasteiger partial charge on any atom is -0.396 e. The van der Waals surface area contributed by atoms with Crippen LogP contribution in [0.25, 0.3) is 0 Å². The van der Waals surface area contributed by atoms with Gasteiger partial charge in [-0.25, -0.2) is 14.4 Å². The molecule has 27 heavy (non-hydrogen) atoms. The van der Waals surface area contributed by atoms with Gasteiger partial charge in [0, 0.05) is 24.6 Å². The van der Waals surface area contributed by atoms with Crippen LogP contribution in [-0.4, -0.2) is 46.0 Å². The molecule has 1 aromatic heterocycles. The average molecular weight is 385 g/mol. The van der Waals surface area contributed by atoms with Crippen molar-refractivity contribution in [3.05, 3.63) is 53.7 Å². The zero-order valence-electron chi connectivity index (χ0n) is 14.3. The Labute approximate surface area is 153 Å². The van der Waals surface area contributed by atoms with Gasteiger partial charge >= 0.3 is 6.18 Å². The summed E-state index contributed by atoms with van der Waals surface area (Å²) in [5.74, 6) is -0.315. The van der Waals surface area contributed by atoms with Crippen LogP contribution in [0.1, 0.15) is 17.7 Å². The predicted octanol–water partition coefficient (Wildman–Crippen LogP) is 2.43. The fourth-order valence-corrected chi connectivity index (χ4v) is 3.41. The molecule has 0 radical (unpaired) electrons. The molecule has 0 aliphatic carbocycles. The first-order valence-corrected chi connectivity index (χ1v) is 8.41. The maximum atomic E-state index is 13.1. The monoisotopic (exact) mass is 385 g/mol. The summed E-state index contributed by atoms with van der Waals surface area (Å²) >= 11 is 0. The van der Waals surface area contributed by atoms with Gasteiger partial charge in [-0.05, 0) is 30.5 Å². The molecule has 1 fully saturated rings. The molecule has 2 N–H and O–H groups in total. The van der Waals surface area contributed by atoms with E-state index in [4.69, 9.17) is 0 Å². The number of nitrogens with zero attached hydrogens (tertiary/aromatic N) is 3. The van der Waals surface area contributed by atoms with Crippen LogP contribution in [0.3, 0.4) is 0 Å². The fraction of sp³-hybridized carbons (Fsp3) is 0.444.